The van der Waals surface area contributed by atoms with E-state index in [1.807, 2.05) is 0 Å². The quantitative estimate of drug-likeness (QED) is 0.794. The Morgan fingerprint density at radius 2 is 2.19 bits per heavy atom. The molecule has 134 valence electrons. The van der Waals surface area contributed by atoms with E-state index in [1.165, 1.54) is 0 Å². The number of ether oxygens (including phenoxy) is 1. The number of halogens is 1. The van der Waals surface area contributed by atoms with Crippen LogP contribution in [0.4, 0.5) is 0 Å². The van der Waals surface area contributed by atoms with Gasteiger partial charge in [0.25, 0.3) is 5.91 Å². The highest BCUT2D eigenvalue weighted by molar-refractivity contribution is 8.18. The molecule has 0 saturated carbocycles. The molecule has 3 rings (SSSR count). The fourth-order valence-corrected chi connectivity index (χ4v) is 3.23. The largest absolute Gasteiger partial charge is 0.496 e. The highest BCUT2D eigenvalue weighted by Crippen LogP contribution is 2.35. The van der Waals surface area contributed by atoms with Crippen LogP contribution in [0.3, 0.4) is 0 Å². The van der Waals surface area contributed by atoms with Crippen LogP contribution in [0.5, 0.6) is 5.75 Å². The first kappa shape index (κ1) is 18.3. The average molecular weight is 391 g/mol. The molecule has 1 aromatic carbocycles. The fraction of sp³-hybridized carbons (Fsp3) is 0.167. The van der Waals surface area contributed by atoms with Gasteiger partial charge in [-0.1, -0.05) is 18.5 Å². The minimum atomic E-state index is -0.417. The Bertz CT molecular complexity index is 933. The van der Waals surface area contributed by atoms with Crippen molar-refractivity contribution in [1.29, 1.82) is 0 Å². The molecule has 2 amide bonds. The number of rotatable bonds is 4. The molecule has 8 heteroatoms. The van der Waals surface area contributed by atoms with Gasteiger partial charge in [0.15, 0.2) is 5.17 Å². The third-order valence-corrected chi connectivity index (χ3v) is 4.65. The van der Waals surface area contributed by atoms with Crippen molar-refractivity contribution in [2.45, 2.75) is 13.3 Å². The lowest BCUT2D eigenvalue weighted by Crippen LogP contribution is -2.26. The summed E-state index contributed by atoms with van der Waals surface area (Å²) in [5.74, 6) is 1.06. The van der Waals surface area contributed by atoms with E-state index in [0.717, 1.165) is 11.8 Å². The van der Waals surface area contributed by atoms with Crippen molar-refractivity contribution in [3.05, 3.63) is 46.0 Å². The zero-order chi connectivity index (χ0) is 18.7. The molecule has 0 bridgehead atoms. The van der Waals surface area contributed by atoms with Crippen molar-refractivity contribution >= 4 is 46.4 Å². The summed E-state index contributed by atoms with van der Waals surface area (Å²) in [6, 6.07) is 8.73. The zero-order valence-corrected chi connectivity index (χ0v) is 15.6. The molecule has 0 fully saturated rings. The molecule has 0 saturated heterocycles. The van der Waals surface area contributed by atoms with Crippen LogP contribution < -0.4 is 10.1 Å². The number of carbonyl (C=O) groups excluding carboxylic acids is 2. The molecule has 0 radical (unpaired) electrons. The van der Waals surface area contributed by atoms with E-state index in [9.17, 15) is 9.59 Å². The van der Waals surface area contributed by atoms with Gasteiger partial charge < -0.3 is 14.5 Å². The number of methoxy groups -OCH3 is 1. The second kappa shape index (κ2) is 7.80. The van der Waals surface area contributed by atoms with Gasteiger partial charge in [0.05, 0.1) is 17.6 Å². The van der Waals surface area contributed by atoms with Crippen LogP contribution in [0.15, 0.2) is 44.6 Å². The molecule has 1 aromatic heterocycles. The third-order valence-electron chi connectivity index (χ3n) is 3.52. The van der Waals surface area contributed by atoms with Gasteiger partial charge in [-0.3, -0.25) is 9.59 Å². The van der Waals surface area contributed by atoms with Crippen LogP contribution in [-0.4, -0.2) is 24.1 Å². The summed E-state index contributed by atoms with van der Waals surface area (Å²) < 4.78 is 11.1. The summed E-state index contributed by atoms with van der Waals surface area (Å²) in [7, 11) is 1.57. The van der Waals surface area contributed by atoms with Gasteiger partial charge in [0.2, 0.25) is 5.91 Å². The van der Waals surface area contributed by atoms with Crippen molar-refractivity contribution in [3.63, 3.8) is 0 Å². The predicted molar refractivity (Wildman–Crippen MR) is 102 cm³/mol. The fourth-order valence-electron chi connectivity index (χ4n) is 2.25. The van der Waals surface area contributed by atoms with E-state index in [4.69, 9.17) is 20.8 Å². The smallest absolute Gasteiger partial charge is 0.286 e. The van der Waals surface area contributed by atoms with E-state index in [-0.39, 0.29) is 11.1 Å². The Kier molecular flexibility index (Phi) is 5.49. The molecule has 1 aliphatic heterocycles. The second-order valence-electron chi connectivity index (χ2n) is 5.28. The molecule has 1 aliphatic rings. The molecule has 2 aromatic rings. The average Bonchev–Trinajstić information content (AvgIpc) is 3.22. The first-order valence-corrected chi connectivity index (χ1v) is 8.95. The first-order chi connectivity index (χ1) is 12.5. The Hall–Kier alpha value is -2.51. The lowest BCUT2D eigenvalue weighted by Gasteiger charge is -2.06. The van der Waals surface area contributed by atoms with Crippen LogP contribution >= 0.6 is 23.4 Å². The lowest BCUT2D eigenvalue weighted by molar-refractivity contribution is -0.119. The summed E-state index contributed by atoms with van der Waals surface area (Å²) in [6.07, 6.45) is 1.90. The van der Waals surface area contributed by atoms with Gasteiger partial charge in [-0.05, 0) is 42.1 Å². The first-order valence-electron chi connectivity index (χ1n) is 7.76. The number of benzene rings is 1. The maximum Gasteiger partial charge on any atom is 0.286 e. The van der Waals surface area contributed by atoms with E-state index < -0.39 is 5.91 Å². The standard InChI is InChI=1S/C18H15ClN2O4S/c1-3-16(22)20-18-21-17(23)15(26-18)9-11-5-7-14(25-11)12-8-10(19)4-6-13(12)24-2/h4-9H,3H2,1-2H3,(H,20,21,22,23)/b15-9+. The van der Waals surface area contributed by atoms with E-state index in [2.05, 4.69) is 10.3 Å². The van der Waals surface area contributed by atoms with E-state index in [0.29, 0.717) is 39.2 Å². The maximum atomic E-state index is 12.0. The molecule has 0 spiro atoms. The van der Waals surface area contributed by atoms with Gasteiger partial charge in [-0.15, -0.1) is 0 Å². The third kappa shape index (κ3) is 4.00. The van der Waals surface area contributed by atoms with Crippen LogP contribution in [0, 0.1) is 0 Å². The van der Waals surface area contributed by atoms with E-state index in [1.54, 1.807) is 50.4 Å². The van der Waals surface area contributed by atoms with Gasteiger partial charge in [-0.25, -0.2) is 0 Å². The van der Waals surface area contributed by atoms with Crippen molar-refractivity contribution in [3.8, 4) is 17.1 Å². The molecule has 0 unspecified atom stereocenters. The van der Waals surface area contributed by atoms with Gasteiger partial charge in [0.1, 0.15) is 17.3 Å². The topological polar surface area (TPSA) is 80.9 Å². The van der Waals surface area contributed by atoms with Crippen LogP contribution in [0.2, 0.25) is 5.02 Å². The van der Waals surface area contributed by atoms with Crippen LogP contribution in [0.25, 0.3) is 17.4 Å². The molecule has 0 aliphatic carbocycles. The summed E-state index contributed by atoms with van der Waals surface area (Å²) in [5.41, 5.74) is 0.710. The summed E-state index contributed by atoms with van der Waals surface area (Å²) in [5, 5.41) is 3.41. The number of furan rings is 1. The Morgan fingerprint density at radius 1 is 1.38 bits per heavy atom. The molecule has 2 heterocycles. The number of hydrogen-bond acceptors (Lipinski definition) is 5. The summed E-state index contributed by atoms with van der Waals surface area (Å²) in [6.45, 7) is 1.72. The number of nitrogens with zero attached hydrogens (tertiary/aromatic N) is 1. The summed E-state index contributed by atoms with van der Waals surface area (Å²) >= 11 is 7.15. The number of nitrogens with one attached hydrogen (secondary N) is 1. The number of amidine groups is 1. The van der Waals surface area contributed by atoms with Gasteiger partial charge in [0, 0.05) is 17.5 Å². The molecular weight excluding hydrogens is 376 g/mol. The van der Waals surface area contributed by atoms with Crippen molar-refractivity contribution in [2.24, 2.45) is 4.99 Å². The summed E-state index contributed by atoms with van der Waals surface area (Å²) in [4.78, 5) is 27.6. The number of thioether (sulfide) groups is 1. The number of aliphatic imine (C=N–C) groups is 1. The number of hydrogen-bond donors (Lipinski definition) is 1. The molecular formula is C18H15ClN2O4S. The van der Waals surface area contributed by atoms with E-state index >= 15 is 0 Å². The highest BCUT2D eigenvalue weighted by Gasteiger charge is 2.23. The maximum absolute atomic E-state index is 12.0. The SMILES string of the molecule is CCC(=O)NC1=NC(=O)/C(=C\c2ccc(-c3cc(Cl)ccc3OC)o2)S1. The second-order valence-corrected chi connectivity index (χ2v) is 6.75. The Morgan fingerprint density at radius 3 is 2.92 bits per heavy atom. The Balaban J connectivity index is 1.81. The van der Waals surface area contributed by atoms with Crippen LogP contribution in [0.1, 0.15) is 19.1 Å². The monoisotopic (exact) mass is 390 g/mol. The van der Waals surface area contributed by atoms with Crippen molar-refractivity contribution in [2.75, 3.05) is 7.11 Å². The lowest BCUT2D eigenvalue weighted by atomic mass is 10.1. The number of carbonyl (C=O) groups is 2. The minimum Gasteiger partial charge on any atom is -0.496 e. The highest BCUT2D eigenvalue weighted by atomic mass is 35.5. The number of amides is 2. The molecule has 0 atom stereocenters. The zero-order valence-electron chi connectivity index (χ0n) is 14.0. The van der Waals surface area contributed by atoms with Gasteiger partial charge in [-0.2, -0.15) is 4.99 Å². The van der Waals surface area contributed by atoms with Crippen molar-refractivity contribution < 1.29 is 18.7 Å². The van der Waals surface area contributed by atoms with Crippen molar-refractivity contribution in [1.82, 2.24) is 5.32 Å². The normalized spacial score (nSPS) is 15.3. The van der Waals surface area contributed by atoms with Gasteiger partial charge >= 0.3 is 0 Å². The molecule has 1 N–H and O–H groups in total. The minimum absolute atomic E-state index is 0.196. The van der Waals surface area contributed by atoms with Crippen LogP contribution in [-0.2, 0) is 9.59 Å². The molecule has 26 heavy (non-hydrogen) atoms. The predicted octanol–water partition coefficient (Wildman–Crippen LogP) is 4.11. The Labute approximate surface area is 159 Å². The molecule has 6 nitrogen and oxygen atoms in total.